The lowest BCUT2D eigenvalue weighted by Gasteiger charge is -2.32. The van der Waals surface area contributed by atoms with Crippen LogP contribution in [-0.2, 0) is 16.1 Å². The molecule has 1 aliphatic carbocycles. The van der Waals surface area contributed by atoms with Crippen LogP contribution in [0.5, 0.6) is 0 Å². The number of halogens is 6. The van der Waals surface area contributed by atoms with Gasteiger partial charge < -0.3 is 30.3 Å². The van der Waals surface area contributed by atoms with Crippen molar-refractivity contribution >= 4 is 17.2 Å². The first-order chi connectivity index (χ1) is 19.9. The van der Waals surface area contributed by atoms with Gasteiger partial charge >= 0.3 is 12.3 Å². The molecular formula is C28H32F6N4O4. The van der Waals surface area contributed by atoms with Crippen LogP contribution < -0.4 is 16.4 Å². The molecule has 14 heteroatoms. The zero-order valence-electron chi connectivity index (χ0n) is 22.7. The molecule has 3 atom stereocenters. The number of oxazole rings is 1. The largest absolute Gasteiger partial charge is 0.445 e. The molecule has 4 N–H and O–H groups in total. The summed E-state index contributed by atoms with van der Waals surface area (Å²) in [6.07, 6.45) is -6.19. The summed E-state index contributed by atoms with van der Waals surface area (Å²) in [5.41, 5.74) is 5.90. The number of methoxy groups -OCH3 is 1. The number of nitrogens with one attached hydrogen (secondary N) is 2. The number of nitrogens with two attached hydrogens (primary N) is 1. The number of alkyl halides is 5. The van der Waals surface area contributed by atoms with Crippen LogP contribution in [0, 0.1) is 11.7 Å². The summed E-state index contributed by atoms with van der Waals surface area (Å²) in [5, 5.41) is 5.29. The number of hydrogen-bond acceptors (Lipinski definition) is 7. The van der Waals surface area contributed by atoms with E-state index in [-0.39, 0.29) is 48.6 Å². The van der Waals surface area contributed by atoms with Gasteiger partial charge in [0.25, 0.3) is 0 Å². The third kappa shape index (κ3) is 8.13. The topological polar surface area (TPSA) is 112 Å². The Morgan fingerprint density at radius 1 is 1.19 bits per heavy atom. The van der Waals surface area contributed by atoms with Gasteiger partial charge in [-0.2, -0.15) is 13.2 Å². The van der Waals surface area contributed by atoms with E-state index in [1.54, 1.807) is 30.3 Å². The van der Waals surface area contributed by atoms with Crippen LogP contribution >= 0.6 is 0 Å². The lowest BCUT2D eigenvalue weighted by Crippen LogP contribution is -2.46. The van der Waals surface area contributed by atoms with Gasteiger partial charge in [-0.25, -0.2) is 22.9 Å². The molecule has 0 radical (unpaired) electrons. The number of nitrogens with zero attached hydrogens (tertiary/aromatic N) is 1. The van der Waals surface area contributed by atoms with Crippen molar-refractivity contribution in [3.05, 3.63) is 65.3 Å². The van der Waals surface area contributed by atoms with Gasteiger partial charge in [-0.15, -0.1) is 0 Å². The van der Waals surface area contributed by atoms with Gasteiger partial charge in [0, 0.05) is 26.5 Å². The summed E-state index contributed by atoms with van der Waals surface area (Å²) >= 11 is 0. The second-order valence-corrected chi connectivity index (χ2v) is 10.3. The second-order valence-electron chi connectivity index (χ2n) is 10.3. The van der Waals surface area contributed by atoms with Crippen LogP contribution in [0.15, 0.2) is 46.9 Å². The van der Waals surface area contributed by atoms with Gasteiger partial charge in [-0.05, 0) is 42.0 Å². The second kappa shape index (κ2) is 13.3. The maximum absolute atomic E-state index is 15.2. The quantitative estimate of drug-likeness (QED) is 0.234. The summed E-state index contributed by atoms with van der Waals surface area (Å²) in [4.78, 5) is 17.1. The van der Waals surface area contributed by atoms with Crippen molar-refractivity contribution in [1.29, 1.82) is 0 Å². The molecule has 0 spiro atoms. The van der Waals surface area contributed by atoms with Gasteiger partial charge in [-0.1, -0.05) is 30.3 Å². The molecule has 0 aliphatic heterocycles. The summed E-state index contributed by atoms with van der Waals surface area (Å²) in [6, 6.07) is 7.35. The smallest absolute Gasteiger partial charge is 0.408 e. The summed E-state index contributed by atoms with van der Waals surface area (Å²) in [7, 11) is 1.34. The Morgan fingerprint density at radius 3 is 2.52 bits per heavy atom. The summed E-state index contributed by atoms with van der Waals surface area (Å²) in [5.74, 6) is -4.31. The molecule has 3 aromatic rings. The van der Waals surface area contributed by atoms with E-state index in [0.717, 1.165) is 11.6 Å². The van der Waals surface area contributed by atoms with Crippen LogP contribution in [0.4, 0.5) is 31.1 Å². The third-order valence-electron chi connectivity index (χ3n) is 7.21. The highest BCUT2D eigenvalue weighted by atomic mass is 19.4. The Balaban J connectivity index is 1.58. The van der Waals surface area contributed by atoms with E-state index in [0.29, 0.717) is 0 Å². The normalized spacial score (nSPS) is 18.0. The number of aromatic nitrogens is 1. The maximum Gasteiger partial charge on any atom is 0.408 e. The fraction of sp³-hybridized carbons (Fsp3) is 0.500. The SMILES string of the molecule is COCC(NC[C@H](N)C(F)(F)F)c1cc(F)c2oc([C@@H](NC(=O)OCc3ccccc3)C3CCC(F)(F)CC3)nc2c1. The number of ether oxygens (including phenoxy) is 2. The zero-order chi connectivity index (χ0) is 30.5. The predicted molar refractivity (Wildman–Crippen MR) is 140 cm³/mol. The number of rotatable bonds is 11. The molecule has 0 bridgehead atoms. The summed E-state index contributed by atoms with van der Waals surface area (Å²) in [6.45, 7) is -0.793. The average Bonchev–Trinajstić information content (AvgIpc) is 3.37. The maximum atomic E-state index is 15.2. The lowest BCUT2D eigenvalue weighted by molar-refractivity contribution is -0.147. The Hall–Kier alpha value is -3.36. The molecule has 42 heavy (non-hydrogen) atoms. The van der Waals surface area contributed by atoms with Crippen LogP contribution in [0.25, 0.3) is 11.1 Å². The first kappa shape index (κ1) is 31.6. The lowest BCUT2D eigenvalue weighted by atomic mass is 9.82. The average molecular weight is 603 g/mol. The molecule has 230 valence electrons. The molecule has 4 rings (SSSR count). The standard InChI is InChI=1S/C28H32F6N4O4/c1-40-15-21(36-13-22(35)28(32,33)34)18-11-19(29)24-20(12-18)37-25(42-24)23(17-7-9-27(30,31)10-8-17)38-26(39)41-14-16-5-3-2-4-6-16/h2-6,11-12,17,21-23,36H,7-10,13-15,35H2,1H3,(H,38,39)/t21?,22-,23-/m0/s1. The summed E-state index contributed by atoms with van der Waals surface area (Å²) < 4.78 is 97.8. The number of carbonyl (C=O) groups is 1. The first-order valence-electron chi connectivity index (χ1n) is 13.4. The van der Waals surface area contributed by atoms with E-state index in [2.05, 4.69) is 15.6 Å². The predicted octanol–water partition coefficient (Wildman–Crippen LogP) is 5.93. The van der Waals surface area contributed by atoms with Gasteiger partial charge in [0.1, 0.15) is 24.2 Å². The minimum Gasteiger partial charge on any atom is -0.445 e. The van der Waals surface area contributed by atoms with E-state index >= 15 is 4.39 Å². The van der Waals surface area contributed by atoms with E-state index in [1.807, 2.05) is 0 Å². The van der Waals surface area contributed by atoms with Gasteiger partial charge in [-0.3, -0.25) is 0 Å². The van der Waals surface area contributed by atoms with Crippen LogP contribution in [0.3, 0.4) is 0 Å². The number of fused-ring (bicyclic) bond motifs is 1. The minimum atomic E-state index is -4.63. The fourth-order valence-electron chi connectivity index (χ4n) is 4.86. The molecule has 0 saturated heterocycles. The van der Waals surface area contributed by atoms with Crippen molar-refractivity contribution in [3.63, 3.8) is 0 Å². The molecule has 1 unspecified atom stereocenters. The highest BCUT2D eigenvalue weighted by molar-refractivity contribution is 5.75. The minimum absolute atomic E-state index is 0.0219. The van der Waals surface area contributed by atoms with Crippen molar-refractivity contribution in [1.82, 2.24) is 15.6 Å². The fourth-order valence-corrected chi connectivity index (χ4v) is 4.86. The van der Waals surface area contributed by atoms with Crippen molar-refractivity contribution in [3.8, 4) is 0 Å². The van der Waals surface area contributed by atoms with E-state index in [4.69, 9.17) is 19.6 Å². The van der Waals surface area contributed by atoms with Crippen molar-refractivity contribution in [2.75, 3.05) is 20.3 Å². The molecule has 2 aromatic carbocycles. The highest BCUT2D eigenvalue weighted by Crippen LogP contribution is 2.42. The van der Waals surface area contributed by atoms with Gasteiger partial charge in [0.15, 0.2) is 11.4 Å². The van der Waals surface area contributed by atoms with Crippen LogP contribution in [0.2, 0.25) is 0 Å². The first-order valence-corrected chi connectivity index (χ1v) is 13.4. The van der Waals surface area contributed by atoms with Crippen LogP contribution in [-0.4, -0.2) is 49.5 Å². The monoisotopic (exact) mass is 602 g/mol. The number of amides is 1. The number of carbonyl (C=O) groups excluding carboxylic acids is 1. The molecule has 1 aliphatic rings. The van der Waals surface area contributed by atoms with Crippen molar-refractivity contribution in [2.24, 2.45) is 11.7 Å². The number of hydrogen-bond donors (Lipinski definition) is 3. The molecule has 8 nitrogen and oxygen atoms in total. The van der Waals surface area contributed by atoms with E-state index < -0.39 is 67.4 Å². The Kier molecular flexibility index (Phi) is 10.00. The molecule has 1 saturated carbocycles. The molecule has 1 fully saturated rings. The Morgan fingerprint density at radius 2 is 1.88 bits per heavy atom. The Labute approximate surface area is 237 Å². The van der Waals surface area contributed by atoms with Crippen molar-refractivity contribution in [2.45, 2.75) is 62.5 Å². The van der Waals surface area contributed by atoms with Gasteiger partial charge in [0.05, 0.1) is 12.6 Å². The van der Waals surface area contributed by atoms with E-state index in [1.165, 1.54) is 13.2 Å². The third-order valence-corrected chi connectivity index (χ3v) is 7.21. The molecule has 1 heterocycles. The van der Waals surface area contributed by atoms with E-state index in [9.17, 15) is 26.7 Å². The highest BCUT2D eigenvalue weighted by Gasteiger charge is 2.41. The van der Waals surface area contributed by atoms with Crippen molar-refractivity contribution < 1.29 is 45.0 Å². The molecule has 1 amide bonds. The Bertz CT molecular complexity index is 1330. The van der Waals surface area contributed by atoms with Gasteiger partial charge in [0.2, 0.25) is 11.8 Å². The number of alkyl carbamates (subject to hydrolysis) is 1. The molecular weight excluding hydrogens is 570 g/mol. The number of benzene rings is 2. The van der Waals surface area contributed by atoms with Crippen LogP contribution in [0.1, 0.15) is 54.8 Å². The molecule has 1 aromatic heterocycles. The zero-order valence-corrected chi connectivity index (χ0v) is 22.7.